The van der Waals surface area contributed by atoms with Crippen molar-refractivity contribution in [1.82, 2.24) is 15.1 Å². The van der Waals surface area contributed by atoms with Crippen LogP contribution in [0.15, 0.2) is 0 Å². The number of rotatable bonds is 5. The Balaban J connectivity index is 1.23. The largest absolute Gasteiger partial charge is 0.314 e. The Morgan fingerprint density at radius 3 is 2.33 bits per heavy atom. The van der Waals surface area contributed by atoms with Crippen molar-refractivity contribution >= 4 is 0 Å². The van der Waals surface area contributed by atoms with Gasteiger partial charge >= 0.3 is 0 Å². The van der Waals surface area contributed by atoms with Gasteiger partial charge in [-0.15, -0.1) is 0 Å². The summed E-state index contributed by atoms with van der Waals surface area (Å²) in [6.07, 6.45) is 8.66. The zero-order valence-corrected chi connectivity index (χ0v) is 11.5. The molecule has 102 valence electrons. The summed E-state index contributed by atoms with van der Waals surface area (Å²) in [5, 5.41) is 3.71. The highest BCUT2D eigenvalue weighted by atomic mass is 15.3. The van der Waals surface area contributed by atoms with E-state index >= 15 is 0 Å². The lowest BCUT2D eigenvalue weighted by Crippen LogP contribution is -2.37. The molecule has 3 heteroatoms. The molecule has 4 rings (SSSR count). The summed E-state index contributed by atoms with van der Waals surface area (Å²) in [6, 6.07) is 2.75. The summed E-state index contributed by atoms with van der Waals surface area (Å²) in [4.78, 5) is 5.54. The van der Waals surface area contributed by atoms with Gasteiger partial charge in [0.25, 0.3) is 0 Å². The van der Waals surface area contributed by atoms with E-state index in [9.17, 15) is 0 Å². The highest BCUT2D eigenvalue weighted by Crippen LogP contribution is 2.32. The van der Waals surface area contributed by atoms with E-state index in [-0.39, 0.29) is 0 Å². The second-order valence-electron chi connectivity index (χ2n) is 7.00. The standard InChI is InChI=1S/C15H27N3/c1-2-13(1)16-9-12-5-7-17(10-12)15-6-8-18(11-15)14-3-4-14/h12-16H,1-11H2. The van der Waals surface area contributed by atoms with Crippen molar-refractivity contribution < 1.29 is 0 Å². The highest BCUT2D eigenvalue weighted by molar-refractivity contribution is 4.94. The molecule has 2 aliphatic carbocycles. The minimum Gasteiger partial charge on any atom is -0.314 e. The Kier molecular flexibility index (Phi) is 3.10. The lowest BCUT2D eigenvalue weighted by atomic mass is 10.1. The van der Waals surface area contributed by atoms with E-state index in [4.69, 9.17) is 0 Å². The summed E-state index contributed by atoms with van der Waals surface area (Å²) in [5.74, 6) is 0.931. The van der Waals surface area contributed by atoms with Crippen LogP contribution >= 0.6 is 0 Å². The van der Waals surface area contributed by atoms with Gasteiger partial charge in [-0.25, -0.2) is 0 Å². The van der Waals surface area contributed by atoms with E-state index < -0.39 is 0 Å². The fourth-order valence-corrected chi connectivity index (χ4v) is 3.82. The SMILES string of the molecule is C1CN(C2CCN(C3CC3)C2)CC1CNC1CC1. The van der Waals surface area contributed by atoms with Crippen molar-refractivity contribution in [3.8, 4) is 0 Å². The lowest BCUT2D eigenvalue weighted by molar-refractivity contribution is 0.222. The molecule has 2 aliphatic heterocycles. The smallest absolute Gasteiger partial charge is 0.0235 e. The molecule has 0 bridgehead atoms. The molecular formula is C15H27N3. The first-order valence-electron chi connectivity index (χ1n) is 8.10. The van der Waals surface area contributed by atoms with Gasteiger partial charge in [-0.3, -0.25) is 9.80 Å². The first-order chi connectivity index (χ1) is 8.88. The summed E-state index contributed by atoms with van der Waals surface area (Å²) in [6.45, 7) is 6.74. The molecule has 0 aromatic heterocycles. The fourth-order valence-electron chi connectivity index (χ4n) is 3.82. The molecule has 0 amide bonds. The Morgan fingerprint density at radius 2 is 1.56 bits per heavy atom. The molecular weight excluding hydrogens is 222 g/mol. The van der Waals surface area contributed by atoms with E-state index in [2.05, 4.69) is 15.1 Å². The number of nitrogens with one attached hydrogen (secondary N) is 1. The third-order valence-electron chi connectivity index (χ3n) is 5.36. The quantitative estimate of drug-likeness (QED) is 0.792. The summed E-state index contributed by atoms with van der Waals surface area (Å²) in [7, 11) is 0. The molecule has 3 nitrogen and oxygen atoms in total. The molecule has 0 radical (unpaired) electrons. The van der Waals surface area contributed by atoms with E-state index in [1.54, 1.807) is 0 Å². The van der Waals surface area contributed by atoms with Gasteiger partial charge in [0.1, 0.15) is 0 Å². The van der Waals surface area contributed by atoms with Crippen LogP contribution in [0.1, 0.15) is 38.5 Å². The van der Waals surface area contributed by atoms with Crippen molar-refractivity contribution in [1.29, 1.82) is 0 Å². The monoisotopic (exact) mass is 249 g/mol. The molecule has 2 heterocycles. The zero-order chi connectivity index (χ0) is 11.9. The molecule has 2 unspecified atom stereocenters. The van der Waals surface area contributed by atoms with Crippen molar-refractivity contribution in [2.45, 2.75) is 56.7 Å². The van der Waals surface area contributed by atoms with Crippen molar-refractivity contribution in [3.63, 3.8) is 0 Å². The van der Waals surface area contributed by atoms with E-state index in [0.717, 1.165) is 24.0 Å². The summed E-state index contributed by atoms with van der Waals surface area (Å²) >= 11 is 0. The van der Waals surface area contributed by atoms with Crippen LogP contribution in [-0.4, -0.2) is 60.6 Å². The second kappa shape index (κ2) is 4.77. The molecule has 4 aliphatic rings. The molecule has 0 aromatic carbocycles. The van der Waals surface area contributed by atoms with Crippen molar-refractivity contribution in [3.05, 3.63) is 0 Å². The first kappa shape index (κ1) is 11.7. The predicted octanol–water partition coefficient (Wildman–Crippen LogP) is 1.30. The van der Waals surface area contributed by atoms with Gasteiger partial charge in [0.15, 0.2) is 0 Å². The maximum Gasteiger partial charge on any atom is 0.0235 e. The van der Waals surface area contributed by atoms with Gasteiger partial charge in [0.2, 0.25) is 0 Å². The second-order valence-corrected chi connectivity index (χ2v) is 7.00. The molecule has 0 aromatic rings. The van der Waals surface area contributed by atoms with Crippen LogP contribution in [0.3, 0.4) is 0 Å². The summed E-state index contributed by atoms with van der Waals surface area (Å²) < 4.78 is 0. The molecule has 18 heavy (non-hydrogen) atoms. The number of nitrogens with zero attached hydrogens (tertiary/aromatic N) is 2. The minimum atomic E-state index is 0.885. The molecule has 2 saturated heterocycles. The molecule has 2 saturated carbocycles. The van der Waals surface area contributed by atoms with Gasteiger partial charge in [-0.2, -0.15) is 0 Å². The van der Waals surface area contributed by atoms with Crippen molar-refractivity contribution in [2.24, 2.45) is 5.92 Å². The van der Waals surface area contributed by atoms with Crippen molar-refractivity contribution in [2.75, 3.05) is 32.7 Å². The van der Waals surface area contributed by atoms with Crippen LogP contribution in [0.25, 0.3) is 0 Å². The van der Waals surface area contributed by atoms with Crippen LogP contribution in [0, 0.1) is 5.92 Å². The number of likely N-dealkylation sites (tertiary alicyclic amines) is 2. The summed E-state index contributed by atoms with van der Waals surface area (Å²) in [5.41, 5.74) is 0. The average Bonchev–Trinajstić information content (AvgIpc) is 3.30. The Labute approximate surface area is 111 Å². The van der Waals surface area contributed by atoms with Gasteiger partial charge in [-0.1, -0.05) is 0 Å². The predicted molar refractivity (Wildman–Crippen MR) is 73.7 cm³/mol. The van der Waals surface area contributed by atoms with Crippen LogP contribution in [-0.2, 0) is 0 Å². The Hall–Kier alpha value is -0.120. The Bertz CT molecular complexity index is 298. The van der Waals surface area contributed by atoms with Gasteiger partial charge < -0.3 is 5.32 Å². The van der Waals surface area contributed by atoms with E-state index in [1.165, 1.54) is 71.2 Å². The maximum absolute atomic E-state index is 3.71. The third-order valence-corrected chi connectivity index (χ3v) is 5.36. The topological polar surface area (TPSA) is 18.5 Å². The Morgan fingerprint density at radius 1 is 0.778 bits per heavy atom. The van der Waals surface area contributed by atoms with Crippen LogP contribution in [0.5, 0.6) is 0 Å². The first-order valence-corrected chi connectivity index (χ1v) is 8.10. The third kappa shape index (κ3) is 2.59. The lowest BCUT2D eigenvalue weighted by Gasteiger charge is -2.24. The van der Waals surface area contributed by atoms with Gasteiger partial charge in [0.05, 0.1) is 0 Å². The van der Waals surface area contributed by atoms with Gasteiger partial charge in [0, 0.05) is 37.8 Å². The fraction of sp³-hybridized carbons (Fsp3) is 1.00. The van der Waals surface area contributed by atoms with E-state index in [1.807, 2.05) is 0 Å². The number of hydrogen-bond donors (Lipinski definition) is 1. The zero-order valence-electron chi connectivity index (χ0n) is 11.5. The number of hydrogen-bond acceptors (Lipinski definition) is 3. The highest BCUT2D eigenvalue weighted by Gasteiger charge is 2.38. The van der Waals surface area contributed by atoms with Crippen LogP contribution < -0.4 is 5.32 Å². The van der Waals surface area contributed by atoms with Gasteiger partial charge in [-0.05, 0) is 57.5 Å². The maximum atomic E-state index is 3.71. The van der Waals surface area contributed by atoms with Crippen LogP contribution in [0.4, 0.5) is 0 Å². The molecule has 2 atom stereocenters. The molecule has 1 N–H and O–H groups in total. The normalized spacial score (nSPS) is 38.7. The molecule has 0 spiro atoms. The van der Waals surface area contributed by atoms with Crippen LogP contribution in [0.2, 0.25) is 0 Å². The van der Waals surface area contributed by atoms with E-state index in [0.29, 0.717) is 0 Å². The average molecular weight is 249 g/mol. The molecule has 4 fully saturated rings. The minimum absolute atomic E-state index is 0.885.